The number of carbonyl (C=O) groups excluding carboxylic acids is 8. The number of unbranched alkanes of at least 4 members (excludes halogenated alkanes) is 2. The molecule has 0 spiro atoms. The molecule has 2 aliphatic heterocycles. The van der Waals surface area contributed by atoms with E-state index in [1.807, 2.05) is 34.7 Å². The van der Waals surface area contributed by atoms with E-state index >= 15 is 0 Å². The lowest BCUT2D eigenvalue weighted by Gasteiger charge is -2.37. The SMILES string of the molecule is CC[C@H](C)[C@H](CC(=O)[C@H]1CCCCN1C)C(=O)N(C)[C@H](C[C@@H](OC(C)=O)c1nc(C(=O)N[C@@H](Cc2ccc(CC(=O)CNC(=O)CCCCCN3C(=O)C=CC3=O)cc2)CC(C)C(=O)O)cs1)C(C)C. The first-order valence-electron chi connectivity index (χ1n) is 24.7. The monoisotopic (exact) mass is 991 g/mol. The minimum absolute atomic E-state index is 0.0432. The van der Waals surface area contributed by atoms with Crippen LogP contribution in [0.2, 0.25) is 0 Å². The maximum Gasteiger partial charge on any atom is 0.306 e. The molecule has 3 N–H and O–H groups in total. The van der Waals surface area contributed by atoms with Crippen LogP contribution >= 0.6 is 11.3 Å². The van der Waals surface area contributed by atoms with Gasteiger partial charge in [0.2, 0.25) is 11.8 Å². The quantitative estimate of drug-likeness (QED) is 0.0491. The molecule has 1 saturated heterocycles. The highest BCUT2D eigenvalue weighted by Gasteiger charge is 2.38. The second-order valence-electron chi connectivity index (χ2n) is 19.5. The lowest BCUT2D eigenvalue weighted by Crippen LogP contribution is -2.48. The number of nitrogens with one attached hydrogen (secondary N) is 2. The largest absolute Gasteiger partial charge is 0.481 e. The molecule has 0 saturated carbocycles. The van der Waals surface area contributed by atoms with Gasteiger partial charge in [0.15, 0.2) is 17.7 Å². The van der Waals surface area contributed by atoms with Gasteiger partial charge in [0.25, 0.3) is 17.7 Å². The maximum absolute atomic E-state index is 14.4. The van der Waals surface area contributed by atoms with Crippen LogP contribution in [-0.4, -0.2) is 130 Å². The zero-order valence-electron chi connectivity index (χ0n) is 42.2. The van der Waals surface area contributed by atoms with Gasteiger partial charge in [0.1, 0.15) is 10.7 Å². The molecule has 384 valence electrons. The van der Waals surface area contributed by atoms with Crippen LogP contribution in [0.5, 0.6) is 0 Å². The van der Waals surface area contributed by atoms with E-state index in [0.29, 0.717) is 36.4 Å². The number of likely N-dealkylation sites (N-methyl/N-ethyl adjacent to an activating group) is 1. The number of ketones is 2. The van der Waals surface area contributed by atoms with E-state index in [4.69, 9.17) is 4.74 Å². The second kappa shape index (κ2) is 27.7. The molecule has 2 aromatic rings. The Morgan fingerprint density at radius 3 is 2.23 bits per heavy atom. The Bertz CT molecular complexity index is 2170. The third-order valence-electron chi connectivity index (χ3n) is 13.6. The first kappa shape index (κ1) is 57.0. The van der Waals surface area contributed by atoms with Gasteiger partial charge < -0.3 is 25.4 Å². The van der Waals surface area contributed by atoms with Crippen LogP contribution in [0.3, 0.4) is 0 Å². The Balaban J connectivity index is 1.36. The van der Waals surface area contributed by atoms with Crippen molar-refractivity contribution in [1.29, 1.82) is 0 Å². The summed E-state index contributed by atoms with van der Waals surface area (Å²) in [6.45, 7) is 11.8. The van der Waals surface area contributed by atoms with Gasteiger partial charge in [-0.2, -0.15) is 0 Å². The number of ether oxygens (including phenoxy) is 1. The summed E-state index contributed by atoms with van der Waals surface area (Å²) in [6, 6.07) is 5.93. The third kappa shape index (κ3) is 17.4. The summed E-state index contributed by atoms with van der Waals surface area (Å²) in [5.41, 5.74) is 1.56. The number of carboxylic acids is 1. The lowest BCUT2D eigenvalue weighted by molar-refractivity contribution is -0.150. The van der Waals surface area contributed by atoms with E-state index in [-0.39, 0.29) is 104 Å². The molecule has 0 radical (unpaired) electrons. The van der Waals surface area contributed by atoms with E-state index in [9.17, 15) is 48.3 Å². The zero-order chi connectivity index (χ0) is 51.7. The van der Waals surface area contributed by atoms with Crippen LogP contribution in [-0.2, 0) is 55.9 Å². The zero-order valence-corrected chi connectivity index (χ0v) is 43.0. The van der Waals surface area contributed by atoms with Crippen molar-refractivity contribution in [1.82, 2.24) is 30.3 Å². The Morgan fingerprint density at radius 2 is 1.61 bits per heavy atom. The number of carbonyl (C=O) groups is 9. The number of hydrogen-bond acceptors (Lipinski definition) is 13. The normalized spacial score (nSPS) is 17.6. The van der Waals surface area contributed by atoms with Gasteiger partial charge in [0.05, 0.1) is 18.5 Å². The van der Waals surface area contributed by atoms with Gasteiger partial charge in [-0.1, -0.05) is 78.1 Å². The average molecular weight is 991 g/mol. The number of Topliss-reactive ketones (excluding diaryl/α,β-unsaturated/α-hetero) is 2. The van der Waals surface area contributed by atoms with E-state index in [0.717, 1.165) is 54.0 Å². The predicted octanol–water partition coefficient (Wildman–Crippen LogP) is 5.89. The van der Waals surface area contributed by atoms with Crippen molar-refractivity contribution in [2.45, 2.75) is 149 Å². The summed E-state index contributed by atoms with van der Waals surface area (Å²) in [4.78, 5) is 124. The molecule has 3 heterocycles. The summed E-state index contributed by atoms with van der Waals surface area (Å²) in [5, 5.41) is 17.3. The summed E-state index contributed by atoms with van der Waals surface area (Å²) >= 11 is 1.14. The number of amides is 5. The molecule has 1 unspecified atom stereocenters. The number of esters is 1. The number of hydrogen-bond donors (Lipinski definition) is 3. The van der Waals surface area contributed by atoms with Crippen LogP contribution in [0.4, 0.5) is 0 Å². The number of piperidine rings is 1. The number of rotatable bonds is 29. The van der Waals surface area contributed by atoms with Crippen LogP contribution < -0.4 is 10.6 Å². The topological polar surface area (TPSA) is 230 Å². The Hall–Kier alpha value is -5.62. The molecule has 17 nitrogen and oxygen atoms in total. The molecule has 5 amide bonds. The van der Waals surface area contributed by atoms with E-state index in [1.165, 1.54) is 19.1 Å². The number of imide groups is 1. The fourth-order valence-corrected chi connectivity index (χ4v) is 9.97. The van der Waals surface area contributed by atoms with Crippen LogP contribution in [0.15, 0.2) is 41.8 Å². The van der Waals surface area contributed by atoms with Crippen molar-refractivity contribution in [3.63, 3.8) is 0 Å². The molecule has 70 heavy (non-hydrogen) atoms. The van der Waals surface area contributed by atoms with E-state index < -0.39 is 47.9 Å². The molecule has 1 fully saturated rings. The van der Waals surface area contributed by atoms with Gasteiger partial charge in [0, 0.05) is 81.7 Å². The lowest BCUT2D eigenvalue weighted by atomic mass is 9.83. The number of carboxylic acid groups (broad SMARTS) is 1. The minimum Gasteiger partial charge on any atom is -0.481 e. The Kier molecular flexibility index (Phi) is 22.5. The molecular formula is C52H74N6O11S. The molecule has 4 rings (SSSR count). The highest BCUT2D eigenvalue weighted by molar-refractivity contribution is 7.09. The fraction of sp³-hybridized carbons (Fsp3) is 0.615. The summed E-state index contributed by atoms with van der Waals surface area (Å²) < 4.78 is 5.82. The first-order chi connectivity index (χ1) is 33.2. The molecular weight excluding hydrogens is 917 g/mol. The highest BCUT2D eigenvalue weighted by atomic mass is 32.1. The fourth-order valence-electron chi connectivity index (χ4n) is 9.13. The van der Waals surface area contributed by atoms with Crippen molar-refractivity contribution < 1.29 is 53.0 Å². The van der Waals surface area contributed by atoms with Crippen molar-refractivity contribution >= 4 is 64.4 Å². The number of aliphatic carboxylic acids is 1. The van der Waals surface area contributed by atoms with E-state index in [1.54, 1.807) is 48.5 Å². The summed E-state index contributed by atoms with van der Waals surface area (Å²) in [5.74, 6) is -4.74. The standard InChI is InChI=1S/C52H74N6O11S/c1-9-33(4)40(28-44(61)42-15-12-14-23-56(42)7)51(66)57(8)43(32(2)3)29-45(69-35(6)59)50-55-41(31-70-50)49(65)54-38(25-34(5)52(67)68)26-36-17-19-37(20-18-36)27-39(60)30-53-46(62)16-11-10-13-24-58-47(63)21-22-48(58)64/h17-22,31-34,38,40,42-43,45H,9-16,23-30H2,1-8H3,(H,53,62)(H,54,65)(H,67,68)/t33-,34?,38+,40-,42+,43+,45+/m0/s1. The first-order valence-corrected chi connectivity index (χ1v) is 25.6. The Morgan fingerprint density at radius 1 is 0.943 bits per heavy atom. The molecule has 0 aliphatic carbocycles. The minimum atomic E-state index is -1.02. The Labute approximate surface area is 416 Å². The van der Waals surface area contributed by atoms with Crippen molar-refractivity contribution in [2.24, 2.45) is 23.7 Å². The van der Waals surface area contributed by atoms with Gasteiger partial charge in [-0.15, -0.1) is 11.3 Å². The van der Waals surface area contributed by atoms with E-state index in [2.05, 4.69) is 20.5 Å². The molecule has 0 bridgehead atoms. The van der Waals surface area contributed by atoms with Gasteiger partial charge >= 0.3 is 11.9 Å². The van der Waals surface area contributed by atoms with Crippen molar-refractivity contribution in [2.75, 3.05) is 33.7 Å². The van der Waals surface area contributed by atoms with Crippen LogP contribution in [0, 0.1) is 23.7 Å². The summed E-state index contributed by atoms with van der Waals surface area (Å²) in [6.07, 6.45) is 7.90. The highest BCUT2D eigenvalue weighted by Crippen LogP contribution is 2.33. The smallest absolute Gasteiger partial charge is 0.306 e. The molecule has 1 aromatic carbocycles. The second-order valence-corrected chi connectivity index (χ2v) is 20.3. The maximum atomic E-state index is 14.4. The number of benzene rings is 1. The van der Waals surface area contributed by atoms with Gasteiger partial charge in [-0.3, -0.25) is 53.0 Å². The number of likely N-dealkylation sites (tertiary alicyclic amines) is 1. The van der Waals surface area contributed by atoms with Crippen molar-refractivity contribution in [3.05, 3.63) is 63.6 Å². The van der Waals surface area contributed by atoms with Crippen molar-refractivity contribution in [3.8, 4) is 0 Å². The van der Waals surface area contributed by atoms with Gasteiger partial charge in [-0.05, 0) is 75.1 Å². The number of aromatic nitrogens is 1. The number of thiazole rings is 1. The third-order valence-corrected chi connectivity index (χ3v) is 14.5. The molecule has 7 atom stereocenters. The molecule has 2 aliphatic rings. The molecule has 18 heteroatoms. The molecule has 1 aromatic heterocycles. The van der Waals surface area contributed by atoms with Crippen LogP contribution in [0.1, 0.15) is 145 Å². The number of nitrogens with zero attached hydrogens (tertiary/aromatic N) is 4. The summed E-state index contributed by atoms with van der Waals surface area (Å²) in [7, 11) is 3.70. The van der Waals surface area contributed by atoms with Crippen LogP contribution in [0.25, 0.3) is 0 Å². The van der Waals surface area contributed by atoms with Gasteiger partial charge in [-0.25, -0.2) is 4.98 Å². The predicted molar refractivity (Wildman–Crippen MR) is 264 cm³/mol. The average Bonchev–Trinajstić information content (AvgIpc) is 3.94.